The Morgan fingerprint density at radius 1 is 1.29 bits per heavy atom. The molecule has 1 fully saturated rings. The van der Waals surface area contributed by atoms with Crippen molar-refractivity contribution in [3.05, 3.63) is 71.2 Å². The van der Waals surface area contributed by atoms with Gasteiger partial charge < -0.3 is 14.6 Å². The summed E-state index contributed by atoms with van der Waals surface area (Å²) in [5.41, 5.74) is 3.64. The zero-order valence-electron chi connectivity index (χ0n) is 17.3. The lowest BCUT2D eigenvalue weighted by Crippen LogP contribution is -2.54. The Bertz CT molecular complexity index is 1080. The number of carbonyl (C=O) groups excluding carboxylic acids is 1. The van der Waals surface area contributed by atoms with Crippen LogP contribution in [-0.4, -0.2) is 62.8 Å². The number of hydrogen-bond donors (Lipinski definition) is 1. The second kappa shape index (κ2) is 8.13. The van der Waals surface area contributed by atoms with Gasteiger partial charge in [0.05, 0.1) is 24.3 Å². The Morgan fingerprint density at radius 3 is 2.94 bits per heavy atom. The standard InChI is InChI=1S/C23H24N4O4/c1-15-9-21-18(23(29)26(14-31-21)19-13-30-8-5-20(19)28)11-17(15)10-16-3-4-22(24-12-16)27-7-2-6-25-27/h2-4,6-7,9,11-12,19-20,28H,5,8,10,13-14H2,1H3/t19-,20-/m0/s1. The lowest BCUT2D eigenvalue weighted by molar-refractivity contribution is -0.0696. The van der Waals surface area contributed by atoms with Crippen LogP contribution in [0.1, 0.15) is 33.5 Å². The summed E-state index contributed by atoms with van der Waals surface area (Å²) >= 11 is 0. The second-order valence-electron chi connectivity index (χ2n) is 7.97. The van der Waals surface area contributed by atoms with E-state index in [4.69, 9.17) is 9.47 Å². The minimum atomic E-state index is -0.604. The van der Waals surface area contributed by atoms with Crippen molar-refractivity contribution in [1.82, 2.24) is 19.7 Å². The van der Waals surface area contributed by atoms with Crippen LogP contribution in [0.25, 0.3) is 5.82 Å². The first kappa shape index (κ1) is 19.7. The van der Waals surface area contributed by atoms with Gasteiger partial charge in [-0.05, 0) is 60.7 Å². The summed E-state index contributed by atoms with van der Waals surface area (Å²) in [4.78, 5) is 19.3. The van der Waals surface area contributed by atoms with E-state index in [0.29, 0.717) is 37.4 Å². The van der Waals surface area contributed by atoms with Gasteiger partial charge >= 0.3 is 0 Å². The van der Waals surface area contributed by atoms with Gasteiger partial charge in [-0.1, -0.05) is 6.07 Å². The highest BCUT2D eigenvalue weighted by molar-refractivity contribution is 5.98. The fourth-order valence-corrected chi connectivity index (χ4v) is 4.09. The van der Waals surface area contributed by atoms with Gasteiger partial charge in [-0.2, -0.15) is 5.10 Å². The van der Waals surface area contributed by atoms with Crippen molar-refractivity contribution >= 4 is 5.91 Å². The number of amides is 1. The first-order valence-electron chi connectivity index (χ1n) is 10.4. The number of rotatable bonds is 4. The van der Waals surface area contributed by atoms with Crippen LogP contribution in [0.15, 0.2) is 48.9 Å². The number of hydrogen-bond acceptors (Lipinski definition) is 6. The molecule has 2 aliphatic rings. The number of aryl methyl sites for hydroxylation is 1. The lowest BCUT2D eigenvalue weighted by atomic mass is 9.96. The number of aromatic nitrogens is 3. The molecule has 0 radical (unpaired) electrons. The molecule has 0 spiro atoms. The van der Waals surface area contributed by atoms with E-state index < -0.39 is 12.1 Å². The number of aliphatic hydroxyl groups is 1. The molecule has 160 valence electrons. The maximum atomic E-state index is 13.2. The van der Waals surface area contributed by atoms with Crippen molar-refractivity contribution in [2.75, 3.05) is 19.9 Å². The highest BCUT2D eigenvalue weighted by Crippen LogP contribution is 2.31. The van der Waals surface area contributed by atoms with Gasteiger partial charge in [0.25, 0.3) is 5.91 Å². The summed E-state index contributed by atoms with van der Waals surface area (Å²) < 4.78 is 13.1. The van der Waals surface area contributed by atoms with Gasteiger partial charge in [-0.25, -0.2) is 9.67 Å². The average Bonchev–Trinajstić information content (AvgIpc) is 3.31. The Labute approximate surface area is 180 Å². The predicted octanol–water partition coefficient (Wildman–Crippen LogP) is 2.11. The topological polar surface area (TPSA) is 89.7 Å². The molecule has 0 bridgehead atoms. The molecule has 8 heteroatoms. The van der Waals surface area contributed by atoms with Crippen molar-refractivity contribution in [2.45, 2.75) is 31.9 Å². The van der Waals surface area contributed by atoms with E-state index in [0.717, 1.165) is 22.5 Å². The van der Waals surface area contributed by atoms with Crippen molar-refractivity contribution in [2.24, 2.45) is 0 Å². The zero-order valence-corrected chi connectivity index (χ0v) is 17.3. The molecule has 3 aromatic rings. The fraction of sp³-hybridized carbons (Fsp3) is 0.348. The normalized spacial score (nSPS) is 21.0. The molecular formula is C23H24N4O4. The monoisotopic (exact) mass is 420 g/mol. The number of ether oxygens (including phenoxy) is 2. The molecule has 4 heterocycles. The van der Waals surface area contributed by atoms with Gasteiger partial charge in [-0.3, -0.25) is 9.69 Å². The number of pyridine rings is 1. The minimum absolute atomic E-state index is 0.120. The molecule has 1 amide bonds. The summed E-state index contributed by atoms with van der Waals surface area (Å²) in [6.07, 6.45) is 5.95. The first-order chi connectivity index (χ1) is 15.1. The Hall–Kier alpha value is -3.23. The van der Waals surface area contributed by atoms with Crippen LogP contribution in [0.2, 0.25) is 0 Å². The zero-order chi connectivity index (χ0) is 21.4. The summed E-state index contributed by atoms with van der Waals surface area (Å²) in [5, 5.41) is 14.5. The minimum Gasteiger partial charge on any atom is -0.472 e. The summed E-state index contributed by atoms with van der Waals surface area (Å²) in [6, 6.07) is 9.22. The van der Waals surface area contributed by atoms with Gasteiger partial charge in [0.15, 0.2) is 12.5 Å². The van der Waals surface area contributed by atoms with Crippen molar-refractivity contribution < 1.29 is 19.4 Å². The number of carbonyl (C=O) groups is 1. The van der Waals surface area contributed by atoms with Crippen LogP contribution in [-0.2, 0) is 11.2 Å². The molecule has 1 N–H and O–H groups in total. The van der Waals surface area contributed by atoms with Crippen LogP contribution in [0, 0.1) is 6.92 Å². The molecule has 1 aromatic carbocycles. The van der Waals surface area contributed by atoms with Gasteiger partial charge in [0, 0.05) is 25.2 Å². The smallest absolute Gasteiger partial charge is 0.260 e. The SMILES string of the molecule is Cc1cc2c(cc1Cc1ccc(-n3cccn3)nc1)C(=O)N([C@H]1COCC[C@@H]1O)CO2. The maximum absolute atomic E-state index is 13.2. The summed E-state index contributed by atoms with van der Waals surface area (Å²) in [6.45, 7) is 2.96. The number of nitrogens with zero attached hydrogens (tertiary/aromatic N) is 4. The Balaban J connectivity index is 1.38. The molecule has 8 nitrogen and oxygen atoms in total. The third-order valence-corrected chi connectivity index (χ3v) is 5.92. The predicted molar refractivity (Wildman–Crippen MR) is 112 cm³/mol. The lowest BCUT2D eigenvalue weighted by Gasteiger charge is -2.39. The van der Waals surface area contributed by atoms with Crippen LogP contribution in [0.4, 0.5) is 0 Å². The Morgan fingerprint density at radius 2 is 2.19 bits per heavy atom. The Kier molecular flexibility index (Phi) is 5.17. The van der Waals surface area contributed by atoms with Gasteiger partial charge in [-0.15, -0.1) is 0 Å². The molecular weight excluding hydrogens is 396 g/mol. The van der Waals surface area contributed by atoms with E-state index in [-0.39, 0.29) is 12.6 Å². The van der Waals surface area contributed by atoms with Crippen LogP contribution < -0.4 is 4.74 Å². The summed E-state index contributed by atoms with van der Waals surface area (Å²) in [7, 11) is 0. The number of benzene rings is 1. The van der Waals surface area contributed by atoms with Crippen molar-refractivity contribution in [3.63, 3.8) is 0 Å². The highest BCUT2D eigenvalue weighted by atomic mass is 16.5. The molecule has 5 rings (SSSR count). The molecule has 0 unspecified atom stereocenters. The molecule has 2 aliphatic heterocycles. The quantitative estimate of drug-likeness (QED) is 0.695. The third kappa shape index (κ3) is 3.80. The molecule has 2 aromatic heterocycles. The van der Waals surface area contributed by atoms with E-state index in [9.17, 15) is 9.90 Å². The van der Waals surface area contributed by atoms with Crippen molar-refractivity contribution in [1.29, 1.82) is 0 Å². The van der Waals surface area contributed by atoms with Crippen LogP contribution in [0.3, 0.4) is 0 Å². The highest BCUT2D eigenvalue weighted by Gasteiger charge is 2.37. The van der Waals surface area contributed by atoms with Crippen molar-refractivity contribution in [3.8, 4) is 11.6 Å². The van der Waals surface area contributed by atoms with Gasteiger partial charge in [0.2, 0.25) is 0 Å². The fourth-order valence-electron chi connectivity index (χ4n) is 4.09. The molecule has 0 saturated carbocycles. The van der Waals surface area contributed by atoms with E-state index in [1.165, 1.54) is 0 Å². The molecule has 1 saturated heterocycles. The molecule has 2 atom stereocenters. The van der Waals surface area contributed by atoms with E-state index in [1.54, 1.807) is 15.8 Å². The van der Waals surface area contributed by atoms with Crippen LogP contribution >= 0.6 is 0 Å². The van der Waals surface area contributed by atoms with E-state index in [1.807, 2.05) is 49.6 Å². The second-order valence-corrected chi connectivity index (χ2v) is 7.97. The third-order valence-electron chi connectivity index (χ3n) is 5.92. The van der Waals surface area contributed by atoms with E-state index in [2.05, 4.69) is 10.1 Å². The average molecular weight is 420 g/mol. The van der Waals surface area contributed by atoms with Gasteiger partial charge in [0.1, 0.15) is 5.75 Å². The van der Waals surface area contributed by atoms with E-state index >= 15 is 0 Å². The largest absolute Gasteiger partial charge is 0.472 e. The molecule has 31 heavy (non-hydrogen) atoms. The van der Waals surface area contributed by atoms with Crippen LogP contribution in [0.5, 0.6) is 5.75 Å². The number of fused-ring (bicyclic) bond motifs is 1. The maximum Gasteiger partial charge on any atom is 0.260 e. The molecule has 0 aliphatic carbocycles. The first-order valence-corrected chi connectivity index (χ1v) is 10.4. The summed E-state index contributed by atoms with van der Waals surface area (Å²) in [5.74, 6) is 1.20. The number of aliphatic hydroxyl groups excluding tert-OH is 1.